The lowest BCUT2D eigenvalue weighted by atomic mass is 9.86. The second-order valence-corrected chi connectivity index (χ2v) is 6.43. The largest absolute Gasteiger partial charge is 0.497 e. The number of fused-ring (bicyclic) bond motifs is 4. The Kier molecular flexibility index (Phi) is 3.18. The van der Waals surface area contributed by atoms with Crippen molar-refractivity contribution in [2.75, 3.05) is 7.11 Å². The predicted molar refractivity (Wildman–Crippen MR) is 87.4 cm³/mol. The normalized spacial score (nSPS) is 23.0. The van der Waals surface area contributed by atoms with Crippen molar-refractivity contribution < 1.29 is 9.53 Å². The Balaban J connectivity index is 1.93. The molecule has 3 heterocycles. The summed E-state index contributed by atoms with van der Waals surface area (Å²) in [5, 5.41) is 0.628. The molecule has 0 radical (unpaired) electrons. The van der Waals surface area contributed by atoms with Gasteiger partial charge in [0.25, 0.3) is 0 Å². The number of rotatable bonds is 2. The second kappa shape index (κ2) is 5.11. The molecule has 0 bridgehead atoms. The van der Waals surface area contributed by atoms with Crippen LogP contribution in [-0.4, -0.2) is 22.9 Å². The molecule has 2 aliphatic rings. The number of piperidine rings is 1. The average molecular weight is 312 g/mol. The Labute approximate surface area is 134 Å². The third-order valence-corrected chi connectivity index (χ3v) is 5.32. The minimum atomic E-state index is 0.0182. The fourth-order valence-corrected chi connectivity index (χ4v) is 4.06. The smallest absolute Gasteiger partial charge is 0.223 e. The number of hydrogen-bond acceptors (Lipinski definition) is 3. The first kappa shape index (κ1) is 14.3. The highest BCUT2D eigenvalue weighted by Gasteiger charge is 2.43. The molecule has 1 amide bonds. The van der Waals surface area contributed by atoms with Gasteiger partial charge in [0.15, 0.2) is 5.43 Å². The summed E-state index contributed by atoms with van der Waals surface area (Å²) >= 11 is 0. The number of methoxy groups -OCH3 is 1. The summed E-state index contributed by atoms with van der Waals surface area (Å²) in [4.78, 5) is 30.5. The van der Waals surface area contributed by atoms with Gasteiger partial charge in [0.1, 0.15) is 5.75 Å². The lowest BCUT2D eigenvalue weighted by molar-refractivity contribution is -0.138. The molecule has 2 aliphatic heterocycles. The van der Waals surface area contributed by atoms with Gasteiger partial charge in [-0.2, -0.15) is 0 Å². The average Bonchev–Trinajstić information content (AvgIpc) is 2.96. The van der Waals surface area contributed by atoms with Gasteiger partial charge >= 0.3 is 0 Å². The maximum Gasteiger partial charge on any atom is 0.223 e. The van der Waals surface area contributed by atoms with Gasteiger partial charge in [-0.3, -0.25) is 9.59 Å². The van der Waals surface area contributed by atoms with E-state index in [0.29, 0.717) is 30.0 Å². The Morgan fingerprint density at radius 1 is 1.35 bits per heavy atom. The van der Waals surface area contributed by atoms with E-state index in [0.717, 1.165) is 29.6 Å². The Morgan fingerprint density at radius 2 is 2.17 bits per heavy atom. The zero-order valence-electron chi connectivity index (χ0n) is 13.4. The molecule has 0 aliphatic carbocycles. The first-order chi connectivity index (χ1) is 11.1. The van der Waals surface area contributed by atoms with Crippen molar-refractivity contribution >= 4 is 16.8 Å². The Bertz CT molecular complexity index is 855. The molecular formula is C18H20N2O3. The number of aromatic amines is 1. The molecule has 2 atom stereocenters. The van der Waals surface area contributed by atoms with Crippen LogP contribution in [0.4, 0.5) is 0 Å². The molecule has 5 heteroatoms. The van der Waals surface area contributed by atoms with Crippen molar-refractivity contribution in [1.82, 2.24) is 9.88 Å². The quantitative estimate of drug-likeness (QED) is 0.927. The standard InChI is InChI=1S/C18H20N2O3/c1-3-10-4-7-15(21)20-9-13-16(17(10)20)19-14-6-5-11(23-2)8-12(14)18(13)22/h5-6,8,10,17H,3-4,7,9H2,1-2H3,(H,19,22). The first-order valence-corrected chi connectivity index (χ1v) is 8.16. The molecule has 23 heavy (non-hydrogen) atoms. The highest BCUT2D eigenvalue weighted by atomic mass is 16.5. The molecule has 0 spiro atoms. The van der Waals surface area contributed by atoms with Gasteiger partial charge in [-0.15, -0.1) is 0 Å². The van der Waals surface area contributed by atoms with Gasteiger partial charge in [-0.05, 0) is 30.5 Å². The van der Waals surface area contributed by atoms with E-state index in [2.05, 4.69) is 11.9 Å². The predicted octanol–water partition coefficient (Wildman–Crippen LogP) is 2.74. The van der Waals surface area contributed by atoms with Crippen LogP contribution in [0.2, 0.25) is 0 Å². The second-order valence-electron chi connectivity index (χ2n) is 6.43. The molecule has 1 aromatic carbocycles. The molecule has 5 nitrogen and oxygen atoms in total. The molecular weight excluding hydrogens is 292 g/mol. The van der Waals surface area contributed by atoms with Crippen molar-refractivity contribution in [2.45, 2.75) is 38.8 Å². The van der Waals surface area contributed by atoms with Crippen LogP contribution in [0.5, 0.6) is 5.75 Å². The lowest BCUT2D eigenvalue weighted by Crippen LogP contribution is -2.38. The number of aromatic nitrogens is 1. The number of carbonyl (C=O) groups excluding carboxylic acids is 1. The van der Waals surface area contributed by atoms with E-state index in [1.165, 1.54) is 0 Å². The van der Waals surface area contributed by atoms with Crippen molar-refractivity contribution in [3.63, 3.8) is 0 Å². The van der Waals surface area contributed by atoms with Crippen molar-refractivity contribution in [3.05, 3.63) is 39.7 Å². The van der Waals surface area contributed by atoms with Crippen molar-refractivity contribution in [1.29, 1.82) is 0 Å². The molecule has 2 unspecified atom stereocenters. The van der Waals surface area contributed by atoms with Gasteiger partial charge in [-0.1, -0.05) is 13.3 Å². The third kappa shape index (κ3) is 1.99. The number of pyridine rings is 1. The lowest BCUT2D eigenvalue weighted by Gasteiger charge is -2.36. The minimum Gasteiger partial charge on any atom is -0.497 e. The maximum absolute atomic E-state index is 12.9. The van der Waals surface area contributed by atoms with Crippen LogP contribution in [0, 0.1) is 5.92 Å². The summed E-state index contributed by atoms with van der Waals surface area (Å²) < 4.78 is 5.23. The van der Waals surface area contributed by atoms with E-state index in [1.54, 1.807) is 13.2 Å². The Morgan fingerprint density at radius 3 is 2.91 bits per heavy atom. The van der Waals surface area contributed by atoms with Crippen LogP contribution < -0.4 is 10.2 Å². The SMILES string of the molecule is CCC1CCC(=O)N2Cc3c([nH]c4ccc(OC)cc4c3=O)C12. The van der Waals surface area contributed by atoms with E-state index in [1.807, 2.05) is 17.0 Å². The van der Waals surface area contributed by atoms with Gasteiger partial charge < -0.3 is 14.6 Å². The number of nitrogens with zero attached hydrogens (tertiary/aromatic N) is 1. The van der Waals surface area contributed by atoms with Gasteiger partial charge in [0.2, 0.25) is 5.91 Å². The summed E-state index contributed by atoms with van der Waals surface area (Å²) in [6.07, 6.45) is 2.50. The molecule has 1 aromatic heterocycles. The summed E-state index contributed by atoms with van der Waals surface area (Å²) in [5.41, 5.74) is 2.51. The number of H-pyrrole nitrogens is 1. The molecule has 1 saturated heterocycles. The monoisotopic (exact) mass is 312 g/mol. The van der Waals surface area contributed by atoms with Crippen molar-refractivity contribution in [3.8, 4) is 5.75 Å². The summed E-state index contributed by atoms with van der Waals surface area (Å²) in [5.74, 6) is 1.24. The molecule has 0 saturated carbocycles. The highest BCUT2D eigenvalue weighted by Crippen LogP contribution is 2.44. The summed E-state index contributed by atoms with van der Waals surface area (Å²) in [6.45, 7) is 2.58. The fourth-order valence-electron chi connectivity index (χ4n) is 4.06. The number of nitrogens with one attached hydrogen (secondary N) is 1. The zero-order valence-corrected chi connectivity index (χ0v) is 13.4. The van der Waals surface area contributed by atoms with Gasteiger partial charge in [-0.25, -0.2) is 0 Å². The van der Waals surface area contributed by atoms with Crippen LogP contribution >= 0.6 is 0 Å². The van der Waals surface area contributed by atoms with Crippen LogP contribution in [0.15, 0.2) is 23.0 Å². The number of carbonyl (C=O) groups is 1. The van der Waals surface area contributed by atoms with E-state index < -0.39 is 0 Å². The number of amides is 1. The fraction of sp³-hybridized carbons (Fsp3) is 0.444. The molecule has 1 fully saturated rings. The summed E-state index contributed by atoms with van der Waals surface area (Å²) in [6, 6.07) is 5.52. The van der Waals surface area contributed by atoms with Crippen LogP contribution in [0.1, 0.15) is 43.5 Å². The minimum absolute atomic E-state index is 0.0182. The first-order valence-electron chi connectivity index (χ1n) is 8.16. The zero-order chi connectivity index (χ0) is 16.1. The number of ether oxygens (including phenoxy) is 1. The molecule has 1 N–H and O–H groups in total. The summed E-state index contributed by atoms with van der Waals surface area (Å²) in [7, 11) is 1.59. The van der Waals surface area contributed by atoms with Crippen LogP contribution in [-0.2, 0) is 11.3 Å². The van der Waals surface area contributed by atoms with Gasteiger partial charge in [0.05, 0.1) is 19.7 Å². The highest BCUT2D eigenvalue weighted by molar-refractivity contribution is 5.83. The van der Waals surface area contributed by atoms with E-state index in [-0.39, 0.29) is 17.4 Å². The number of hydrogen-bond donors (Lipinski definition) is 1. The maximum atomic E-state index is 12.9. The molecule has 120 valence electrons. The van der Waals surface area contributed by atoms with Crippen molar-refractivity contribution in [2.24, 2.45) is 5.92 Å². The number of benzene rings is 1. The van der Waals surface area contributed by atoms with Gasteiger partial charge in [0, 0.05) is 28.6 Å². The third-order valence-electron chi connectivity index (χ3n) is 5.32. The van der Waals surface area contributed by atoms with Crippen LogP contribution in [0.3, 0.4) is 0 Å². The van der Waals surface area contributed by atoms with E-state index >= 15 is 0 Å². The molecule has 2 aromatic rings. The van der Waals surface area contributed by atoms with E-state index in [9.17, 15) is 9.59 Å². The topological polar surface area (TPSA) is 62.4 Å². The van der Waals surface area contributed by atoms with E-state index in [4.69, 9.17) is 4.74 Å². The Hall–Kier alpha value is -2.30. The molecule has 4 rings (SSSR count). The van der Waals surface area contributed by atoms with Crippen LogP contribution in [0.25, 0.3) is 10.9 Å².